The second-order valence-electron chi connectivity index (χ2n) is 4.74. The summed E-state index contributed by atoms with van der Waals surface area (Å²) in [6.45, 7) is 0. The number of hydrogen-bond acceptors (Lipinski definition) is 3. The Morgan fingerprint density at radius 3 is 2.84 bits per heavy atom. The number of carbonyl (C=O) groups excluding carboxylic acids is 1. The minimum absolute atomic E-state index is 0.0281. The molecular formula is C14H17FN2O2. The number of halogens is 1. The Bertz CT molecular complexity index is 482. The number of carbonyl (C=O) groups is 1. The van der Waals surface area contributed by atoms with Gasteiger partial charge in [0.15, 0.2) is 17.4 Å². The van der Waals surface area contributed by atoms with Crippen molar-refractivity contribution in [2.75, 3.05) is 5.32 Å². The molecule has 1 aliphatic rings. The van der Waals surface area contributed by atoms with Crippen LogP contribution in [0.15, 0.2) is 30.2 Å². The summed E-state index contributed by atoms with van der Waals surface area (Å²) in [6.07, 6.45) is 7.99. The predicted octanol–water partition coefficient (Wildman–Crippen LogP) is 3.16. The first-order valence-electron chi connectivity index (χ1n) is 6.49. The maximum Gasteiger partial charge on any atom is 0.285 e. The van der Waals surface area contributed by atoms with E-state index in [4.69, 9.17) is 0 Å². The molecule has 1 saturated carbocycles. The van der Waals surface area contributed by atoms with Crippen molar-refractivity contribution in [3.63, 3.8) is 0 Å². The third kappa shape index (κ3) is 3.77. The van der Waals surface area contributed by atoms with Gasteiger partial charge in [-0.25, -0.2) is 9.37 Å². The van der Waals surface area contributed by atoms with Gasteiger partial charge < -0.3 is 10.4 Å². The molecule has 0 unspecified atom stereocenters. The summed E-state index contributed by atoms with van der Waals surface area (Å²) in [4.78, 5) is 15.4. The van der Waals surface area contributed by atoms with Crippen molar-refractivity contribution in [2.24, 2.45) is 5.92 Å². The monoisotopic (exact) mass is 264 g/mol. The van der Waals surface area contributed by atoms with Crippen molar-refractivity contribution in [2.45, 2.75) is 32.1 Å². The molecule has 0 bridgehead atoms. The van der Waals surface area contributed by atoms with Crippen LogP contribution in [0.1, 0.15) is 32.1 Å². The summed E-state index contributed by atoms with van der Waals surface area (Å²) >= 11 is 0. The van der Waals surface area contributed by atoms with E-state index in [1.807, 2.05) is 0 Å². The lowest BCUT2D eigenvalue weighted by molar-refractivity contribution is -0.114. The molecule has 19 heavy (non-hydrogen) atoms. The van der Waals surface area contributed by atoms with Gasteiger partial charge in [0.2, 0.25) is 0 Å². The number of nitrogens with one attached hydrogen (secondary N) is 1. The van der Waals surface area contributed by atoms with Gasteiger partial charge in [-0.2, -0.15) is 0 Å². The molecule has 1 fully saturated rings. The minimum Gasteiger partial charge on any atom is -0.504 e. The Hall–Kier alpha value is -1.91. The highest BCUT2D eigenvalue weighted by molar-refractivity contribution is 6.02. The number of aromatic hydroxyl groups is 1. The molecule has 5 heteroatoms. The topological polar surface area (TPSA) is 62.2 Å². The van der Waals surface area contributed by atoms with Crippen LogP contribution in [0.3, 0.4) is 0 Å². The molecule has 1 aromatic heterocycles. The fraction of sp³-hybridized carbons (Fsp3) is 0.429. The van der Waals surface area contributed by atoms with E-state index in [9.17, 15) is 14.3 Å². The summed E-state index contributed by atoms with van der Waals surface area (Å²) < 4.78 is 13.7. The van der Waals surface area contributed by atoms with E-state index in [1.54, 1.807) is 0 Å². The molecule has 0 atom stereocenters. The molecule has 102 valence electrons. The highest BCUT2D eigenvalue weighted by atomic mass is 19.1. The van der Waals surface area contributed by atoms with E-state index in [0.29, 0.717) is 0 Å². The molecule has 4 nitrogen and oxygen atoms in total. The summed E-state index contributed by atoms with van der Waals surface area (Å²) in [5.41, 5.74) is 0. The first kappa shape index (κ1) is 13.5. The summed E-state index contributed by atoms with van der Waals surface area (Å²) in [7, 11) is 0. The zero-order chi connectivity index (χ0) is 13.7. The van der Waals surface area contributed by atoms with E-state index >= 15 is 0 Å². The van der Waals surface area contributed by atoms with Gasteiger partial charge in [-0.05, 0) is 37.0 Å². The number of amides is 1. The molecule has 2 N–H and O–H groups in total. The molecule has 2 rings (SSSR count). The van der Waals surface area contributed by atoms with Crippen LogP contribution in [0.25, 0.3) is 0 Å². The van der Waals surface area contributed by atoms with Crippen LogP contribution in [-0.4, -0.2) is 16.0 Å². The van der Waals surface area contributed by atoms with Crippen molar-refractivity contribution in [1.29, 1.82) is 0 Å². The molecular weight excluding hydrogens is 247 g/mol. The van der Waals surface area contributed by atoms with E-state index in [0.717, 1.165) is 25.7 Å². The number of nitrogens with zero attached hydrogens (tertiary/aromatic N) is 1. The number of allylic oxidation sites excluding steroid dienone is 1. The molecule has 1 heterocycles. The zero-order valence-electron chi connectivity index (χ0n) is 10.6. The minimum atomic E-state index is -0.862. The van der Waals surface area contributed by atoms with Crippen LogP contribution in [0.2, 0.25) is 0 Å². The van der Waals surface area contributed by atoms with Crippen molar-refractivity contribution < 1.29 is 14.3 Å². The third-order valence-electron chi connectivity index (χ3n) is 3.27. The Morgan fingerprint density at radius 1 is 1.42 bits per heavy atom. The summed E-state index contributed by atoms with van der Waals surface area (Å²) in [5.74, 6) is -1.74. The fourth-order valence-corrected chi connectivity index (χ4v) is 2.24. The van der Waals surface area contributed by atoms with Gasteiger partial charge in [0, 0.05) is 6.20 Å². The van der Waals surface area contributed by atoms with E-state index in [-0.39, 0.29) is 17.5 Å². The number of rotatable bonds is 3. The normalized spacial score (nSPS) is 17.2. The van der Waals surface area contributed by atoms with Gasteiger partial charge in [-0.1, -0.05) is 19.3 Å². The third-order valence-corrected chi connectivity index (χ3v) is 3.27. The molecule has 0 radical (unpaired) electrons. The van der Waals surface area contributed by atoms with Gasteiger partial charge in [-0.15, -0.1) is 0 Å². The Labute approximate surface area is 111 Å². The van der Waals surface area contributed by atoms with E-state index in [2.05, 4.69) is 10.3 Å². The van der Waals surface area contributed by atoms with Crippen LogP contribution in [-0.2, 0) is 4.79 Å². The molecule has 0 aliphatic heterocycles. The number of pyridine rings is 1. The molecule has 1 aromatic rings. The smallest absolute Gasteiger partial charge is 0.285 e. The van der Waals surface area contributed by atoms with Gasteiger partial charge in [0.1, 0.15) is 0 Å². The van der Waals surface area contributed by atoms with Crippen LogP contribution in [0.5, 0.6) is 5.75 Å². The van der Waals surface area contributed by atoms with Crippen LogP contribution in [0.4, 0.5) is 10.2 Å². The molecule has 0 saturated heterocycles. The highest BCUT2D eigenvalue weighted by Crippen LogP contribution is 2.26. The highest BCUT2D eigenvalue weighted by Gasteiger charge is 2.17. The van der Waals surface area contributed by atoms with Gasteiger partial charge in [-0.3, -0.25) is 4.79 Å². The Kier molecular flexibility index (Phi) is 4.49. The summed E-state index contributed by atoms with van der Waals surface area (Å²) in [5, 5.41) is 11.7. The van der Waals surface area contributed by atoms with Crippen LogP contribution < -0.4 is 5.32 Å². The molecule has 1 amide bonds. The average molecular weight is 264 g/mol. The lowest BCUT2D eigenvalue weighted by atomic mass is 9.89. The van der Waals surface area contributed by atoms with Crippen LogP contribution in [0, 0.1) is 5.92 Å². The number of anilines is 1. The van der Waals surface area contributed by atoms with Crippen molar-refractivity contribution in [1.82, 2.24) is 4.98 Å². The Morgan fingerprint density at radius 2 is 2.16 bits per heavy atom. The van der Waals surface area contributed by atoms with Crippen molar-refractivity contribution >= 4 is 11.7 Å². The lowest BCUT2D eigenvalue weighted by Gasteiger charge is -2.17. The first-order chi connectivity index (χ1) is 9.16. The maximum atomic E-state index is 13.7. The van der Waals surface area contributed by atoms with Gasteiger partial charge in [0.05, 0.1) is 0 Å². The molecule has 1 aliphatic carbocycles. The SMILES string of the molecule is O=C(Nc1ncccc1O)C(F)=CC1CCCCC1. The quantitative estimate of drug-likeness (QED) is 0.824. The van der Waals surface area contributed by atoms with Crippen LogP contribution >= 0.6 is 0 Å². The average Bonchev–Trinajstić information content (AvgIpc) is 2.42. The summed E-state index contributed by atoms with van der Waals surface area (Å²) in [6, 6.07) is 2.91. The number of aromatic nitrogens is 1. The van der Waals surface area contributed by atoms with Crippen molar-refractivity contribution in [3.05, 3.63) is 30.2 Å². The van der Waals surface area contributed by atoms with E-state index in [1.165, 1.54) is 30.8 Å². The standard InChI is InChI=1S/C14H17FN2O2/c15-11(9-10-5-2-1-3-6-10)14(19)17-13-12(18)7-4-8-16-13/h4,7-10,18H,1-3,5-6H2,(H,16,17,19). The predicted molar refractivity (Wildman–Crippen MR) is 70.3 cm³/mol. The first-order valence-corrected chi connectivity index (χ1v) is 6.49. The fourth-order valence-electron chi connectivity index (χ4n) is 2.24. The zero-order valence-corrected chi connectivity index (χ0v) is 10.6. The van der Waals surface area contributed by atoms with Crippen molar-refractivity contribution in [3.8, 4) is 5.75 Å². The van der Waals surface area contributed by atoms with E-state index < -0.39 is 11.7 Å². The molecule has 0 spiro atoms. The van der Waals surface area contributed by atoms with Gasteiger partial charge >= 0.3 is 0 Å². The number of hydrogen-bond donors (Lipinski definition) is 2. The Balaban J connectivity index is 1.99. The maximum absolute atomic E-state index is 13.7. The van der Waals surface area contributed by atoms with Gasteiger partial charge in [0.25, 0.3) is 5.91 Å². The largest absolute Gasteiger partial charge is 0.504 e. The second-order valence-corrected chi connectivity index (χ2v) is 4.74. The lowest BCUT2D eigenvalue weighted by Crippen LogP contribution is -2.14. The second kappa shape index (κ2) is 6.31. The molecule has 0 aromatic carbocycles.